The van der Waals surface area contributed by atoms with E-state index in [1.807, 2.05) is 0 Å². The van der Waals surface area contributed by atoms with Crippen molar-refractivity contribution in [3.05, 3.63) is 31.7 Å². The van der Waals surface area contributed by atoms with E-state index in [2.05, 4.69) is 21.2 Å². The van der Waals surface area contributed by atoms with Crippen LogP contribution in [0.4, 0.5) is 11.4 Å². The Morgan fingerprint density at radius 2 is 2.24 bits per heavy atom. The van der Waals surface area contributed by atoms with E-state index in [1.165, 1.54) is 12.1 Å². The lowest BCUT2D eigenvalue weighted by atomic mass is 10.2. The Hall–Kier alpha value is -0.560. The highest BCUT2D eigenvalue weighted by Crippen LogP contribution is 2.34. The molecule has 0 aliphatic rings. The first-order chi connectivity index (χ1) is 7.95. The van der Waals surface area contributed by atoms with Gasteiger partial charge in [0.25, 0.3) is 5.69 Å². The van der Waals surface area contributed by atoms with Gasteiger partial charge in [0, 0.05) is 12.6 Å². The van der Waals surface area contributed by atoms with E-state index < -0.39 is 11.0 Å². The second-order valence-electron chi connectivity index (χ2n) is 3.23. The van der Waals surface area contributed by atoms with Crippen LogP contribution < -0.4 is 5.32 Å². The van der Waals surface area contributed by atoms with Crippen molar-refractivity contribution in [2.24, 2.45) is 0 Å². The fourth-order valence-electron chi connectivity index (χ4n) is 1.10. The summed E-state index contributed by atoms with van der Waals surface area (Å²) in [4.78, 5) is 10.2. The first-order valence-corrected chi connectivity index (χ1v) is 6.27. The zero-order valence-electron chi connectivity index (χ0n) is 8.49. The number of alkyl halides is 1. The maximum atomic E-state index is 10.7. The van der Waals surface area contributed by atoms with Gasteiger partial charge in [0.05, 0.1) is 32.1 Å². The van der Waals surface area contributed by atoms with E-state index in [-0.39, 0.29) is 18.1 Å². The predicted octanol–water partition coefficient (Wildman–Crippen LogP) is 3.02. The molecule has 1 rings (SSSR count). The van der Waals surface area contributed by atoms with Gasteiger partial charge in [-0.1, -0.05) is 11.6 Å². The fourth-order valence-corrected chi connectivity index (χ4v) is 2.05. The number of aliphatic hydroxyl groups is 1. The van der Waals surface area contributed by atoms with E-state index >= 15 is 0 Å². The van der Waals surface area contributed by atoms with Crippen molar-refractivity contribution >= 4 is 50.5 Å². The van der Waals surface area contributed by atoms with Crippen molar-refractivity contribution in [2.75, 3.05) is 17.7 Å². The quantitative estimate of drug-likeness (QED) is 0.489. The molecule has 0 amide bonds. The van der Waals surface area contributed by atoms with Crippen molar-refractivity contribution in [1.29, 1.82) is 0 Å². The molecule has 17 heavy (non-hydrogen) atoms. The third kappa shape index (κ3) is 3.99. The fraction of sp³-hybridized carbons (Fsp3) is 0.333. The van der Waals surface area contributed by atoms with Crippen LogP contribution in [-0.4, -0.2) is 28.6 Å². The third-order valence-corrected chi connectivity index (χ3v) is 3.24. The van der Waals surface area contributed by atoms with Crippen LogP contribution >= 0.6 is 39.1 Å². The number of nitro groups is 1. The molecule has 1 aromatic rings. The van der Waals surface area contributed by atoms with Gasteiger partial charge in [0.15, 0.2) is 0 Å². The first-order valence-electron chi connectivity index (χ1n) is 4.57. The van der Waals surface area contributed by atoms with Gasteiger partial charge in [-0.2, -0.15) is 0 Å². The molecule has 0 bridgehead atoms. The van der Waals surface area contributed by atoms with E-state index in [0.29, 0.717) is 15.2 Å². The molecule has 2 N–H and O–H groups in total. The summed E-state index contributed by atoms with van der Waals surface area (Å²) in [5.41, 5.74) is 0.281. The Balaban J connectivity index is 2.92. The molecule has 8 heteroatoms. The molecule has 1 aromatic carbocycles. The molecular formula is C9H9BrCl2N2O3. The molecule has 0 aromatic heterocycles. The van der Waals surface area contributed by atoms with Crippen LogP contribution in [0.1, 0.15) is 0 Å². The molecule has 94 valence electrons. The summed E-state index contributed by atoms with van der Waals surface area (Å²) in [6.45, 7) is 0.169. The molecule has 0 aliphatic heterocycles. The Morgan fingerprint density at radius 1 is 1.59 bits per heavy atom. The van der Waals surface area contributed by atoms with E-state index in [0.717, 1.165) is 0 Å². The molecule has 0 saturated carbocycles. The lowest BCUT2D eigenvalue weighted by molar-refractivity contribution is -0.385. The van der Waals surface area contributed by atoms with Crippen molar-refractivity contribution in [3.8, 4) is 0 Å². The second kappa shape index (κ2) is 6.39. The van der Waals surface area contributed by atoms with E-state index in [9.17, 15) is 15.2 Å². The number of rotatable bonds is 5. The average molecular weight is 344 g/mol. The van der Waals surface area contributed by atoms with Crippen LogP contribution in [-0.2, 0) is 0 Å². The minimum atomic E-state index is -0.740. The summed E-state index contributed by atoms with van der Waals surface area (Å²) in [6.07, 6.45) is -0.740. The number of halogens is 3. The zero-order chi connectivity index (χ0) is 13.0. The average Bonchev–Trinajstić information content (AvgIpc) is 2.26. The van der Waals surface area contributed by atoms with Crippen molar-refractivity contribution in [3.63, 3.8) is 0 Å². The van der Waals surface area contributed by atoms with Gasteiger partial charge in [-0.3, -0.25) is 10.1 Å². The minimum Gasteiger partial charge on any atom is -0.390 e. The highest BCUT2D eigenvalue weighted by atomic mass is 79.9. The summed E-state index contributed by atoms with van der Waals surface area (Å²) in [7, 11) is 0. The van der Waals surface area contributed by atoms with Crippen LogP contribution in [0.3, 0.4) is 0 Å². The van der Waals surface area contributed by atoms with Crippen LogP contribution in [0, 0.1) is 10.1 Å². The van der Waals surface area contributed by atoms with Gasteiger partial charge in [0.1, 0.15) is 0 Å². The molecule has 0 heterocycles. The molecule has 0 radical (unpaired) electrons. The molecule has 0 fully saturated rings. The number of benzene rings is 1. The monoisotopic (exact) mass is 342 g/mol. The lowest BCUT2D eigenvalue weighted by Crippen LogP contribution is -2.20. The number of hydrogen-bond acceptors (Lipinski definition) is 4. The smallest absolute Gasteiger partial charge is 0.285 e. The third-order valence-electron chi connectivity index (χ3n) is 1.94. The van der Waals surface area contributed by atoms with Crippen LogP contribution in [0.15, 0.2) is 16.6 Å². The molecule has 0 saturated heterocycles. The SMILES string of the molecule is O=[N+]([O-])c1cc(NCC(O)CCl)c(Cl)cc1Br. The summed E-state index contributed by atoms with van der Waals surface area (Å²) < 4.78 is 0.302. The normalized spacial score (nSPS) is 12.2. The predicted molar refractivity (Wildman–Crippen MR) is 71.0 cm³/mol. The highest BCUT2D eigenvalue weighted by Gasteiger charge is 2.16. The Bertz CT molecular complexity index is 431. The number of aliphatic hydroxyl groups excluding tert-OH is 1. The number of nitrogens with one attached hydrogen (secondary N) is 1. The van der Waals surface area contributed by atoms with Gasteiger partial charge in [-0.05, 0) is 22.0 Å². The van der Waals surface area contributed by atoms with Gasteiger partial charge in [0.2, 0.25) is 0 Å². The molecular weight excluding hydrogens is 335 g/mol. The van der Waals surface area contributed by atoms with Crippen LogP contribution in [0.2, 0.25) is 5.02 Å². The van der Waals surface area contributed by atoms with Gasteiger partial charge >= 0.3 is 0 Å². The maximum Gasteiger partial charge on any atom is 0.285 e. The molecule has 1 atom stereocenters. The van der Waals surface area contributed by atoms with E-state index in [1.54, 1.807) is 0 Å². The van der Waals surface area contributed by atoms with Gasteiger partial charge < -0.3 is 10.4 Å². The molecule has 0 aliphatic carbocycles. The number of hydrogen-bond donors (Lipinski definition) is 2. The molecule has 1 unspecified atom stereocenters. The number of anilines is 1. The van der Waals surface area contributed by atoms with Crippen LogP contribution in [0.25, 0.3) is 0 Å². The number of nitrogens with zero attached hydrogens (tertiary/aromatic N) is 1. The lowest BCUT2D eigenvalue weighted by Gasteiger charge is -2.11. The van der Waals surface area contributed by atoms with E-state index in [4.69, 9.17) is 23.2 Å². The largest absolute Gasteiger partial charge is 0.390 e. The summed E-state index contributed by atoms with van der Waals surface area (Å²) in [5.74, 6) is 0.0727. The summed E-state index contributed by atoms with van der Waals surface area (Å²) in [6, 6.07) is 2.72. The molecule has 0 spiro atoms. The second-order valence-corrected chi connectivity index (χ2v) is 4.80. The van der Waals surface area contributed by atoms with Crippen LogP contribution in [0.5, 0.6) is 0 Å². The Labute approximate surface area is 116 Å². The van der Waals surface area contributed by atoms with Crippen molar-refractivity contribution in [1.82, 2.24) is 0 Å². The maximum absolute atomic E-state index is 10.7. The zero-order valence-corrected chi connectivity index (χ0v) is 11.6. The molecule has 5 nitrogen and oxygen atoms in total. The van der Waals surface area contributed by atoms with Crippen molar-refractivity contribution in [2.45, 2.75) is 6.10 Å². The first kappa shape index (κ1) is 14.5. The highest BCUT2D eigenvalue weighted by molar-refractivity contribution is 9.10. The Kier molecular flexibility index (Phi) is 5.45. The number of nitro benzene ring substituents is 1. The topological polar surface area (TPSA) is 75.4 Å². The van der Waals surface area contributed by atoms with Gasteiger partial charge in [-0.25, -0.2) is 0 Å². The van der Waals surface area contributed by atoms with Crippen molar-refractivity contribution < 1.29 is 10.0 Å². The minimum absolute atomic E-state index is 0.0727. The standard InChI is InChI=1S/C9H9BrCl2N2O3/c10-6-1-7(12)8(2-9(6)14(16)17)13-4-5(15)3-11/h1-2,5,13,15H,3-4H2. The van der Waals surface area contributed by atoms with Gasteiger partial charge in [-0.15, -0.1) is 11.6 Å². The Morgan fingerprint density at radius 3 is 2.76 bits per heavy atom. The summed E-state index contributed by atoms with van der Waals surface area (Å²) >= 11 is 14.4. The summed E-state index contributed by atoms with van der Waals surface area (Å²) in [5, 5.41) is 23.1.